The molecule has 0 fully saturated rings. The fraction of sp³-hybridized carbons (Fsp3) is 0.500. The van der Waals surface area contributed by atoms with Gasteiger partial charge in [0.15, 0.2) is 0 Å². The number of hydrogen-bond donors (Lipinski definition) is 0. The van der Waals surface area contributed by atoms with E-state index in [1.807, 2.05) is 13.8 Å². The van der Waals surface area contributed by atoms with Crippen LogP contribution in [0.4, 0.5) is 0 Å². The van der Waals surface area contributed by atoms with Crippen LogP contribution in [0.3, 0.4) is 0 Å². The maximum absolute atomic E-state index is 4.36. The van der Waals surface area contributed by atoms with Crippen LogP contribution in [0.5, 0.6) is 0 Å². The largest absolute Gasteiger partial charge is 0.417 e. The van der Waals surface area contributed by atoms with Crippen molar-refractivity contribution in [3.05, 3.63) is 0 Å². The van der Waals surface area contributed by atoms with E-state index in [0.29, 0.717) is 0 Å². The van der Waals surface area contributed by atoms with Crippen LogP contribution in [-0.4, -0.2) is 13.4 Å². The van der Waals surface area contributed by atoms with Crippen LogP contribution in [0.15, 0.2) is 10.2 Å². The monoisotopic (exact) mass is 173 g/mol. The van der Waals surface area contributed by atoms with Crippen LogP contribution in [0.2, 0.25) is 0 Å². The molecular formula is C4H8N2Y-2. The zero-order chi connectivity index (χ0) is 5.41. The second-order valence-electron chi connectivity index (χ2n) is 0.231. The summed E-state index contributed by atoms with van der Waals surface area (Å²) in [7, 11) is 0. The number of nitrogens with zero attached hydrogens (tertiary/aromatic N) is 2. The summed E-state index contributed by atoms with van der Waals surface area (Å²) >= 11 is 0. The minimum absolute atomic E-state index is 0. The first-order valence-corrected chi connectivity index (χ1v) is 1.72. The van der Waals surface area contributed by atoms with Crippen molar-refractivity contribution in [2.45, 2.75) is 13.8 Å². The van der Waals surface area contributed by atoms with E-state index in [1.165, 1.54) is 0 Å². The van der Waals surface area contributed by atoms with Crippen molar-refractivity contribution in [1.29, 1.82) is 0 Å². The molecule has 0 aliphatic heterocycles. The third kappa shape index (κ3) is 61.0. The molecule has 0 saturated carbocycles. The number of hydrogen-bond acceptors (Lipinski definition) is 2. The molecule has 0 aliphatic carbocycles. The molecule has 0 aliphatic rings. The predicted molar refractivity (Wildman–Crippen MR) is 28.3 cm³/mol. The van der Waals surface area contributed by atoms with Crippen LogP contribution in [0.25, 0.3) is 0 Å². The van der Waals surface area contributed by atoms with Crippen molar-refractivity contribution in [3.8, 4) is 0 Å². The van der Waals surface area contributed by atoms with E-state index in [4.69, 9.17) is 0 Å². The van der Waals surface area contributed by atoms with Gasteiger partial charge in [-0.15, -0.1) is 0 Å². The molecular weight excluding hydrogens is 165 g/mol. The van der Waals surface area contributed by atoms with Gasteiger partial charge in [-0.2, -0.15) is 0 Å². The third-order valence-corrected chi connectivity index (χ3v) is 0.0667. The summed E-state index contributed by atoms with van der Waals surface area (Å²) in [6.07, 6.45) is 0. The summed E-state index contributed by atoms with van der Waals surface area (Å²) in [4.78, 5) is 0. The average Bonchev–Trinajstić information content (AvgIpc) is 1.72. The van der Waals surface area contributed by atoms with Gasteiger partial charge in [-0.25, -0.2) is 0 Å². The second-order valence-corrected chi connectivity index (χ2v) is 0.231. The van der Waals surface area contributed by atoms with E-state index in [-0.39, 0.29) is 32.7 Å². The molecule has 2 nitrogen and oxygen atoms in total. The van der Waals surface area contributed by atoms with Gasteiger partial charge in [-0.05, 0) is 0 Å². The Morgan fingerprint density at radius 1 is 1.00 bits per heavy atom. The Balaban J connectivity index is -0.0000000480. The maximum atomic E-state index is 4.36. The molecule has 0 bridgehead atoms. The standard InChI is InChI=1S/C2H2N2.C2H6.Y/c1-3-4-2;1-2;/h1-2H;1-2H3;/q-2;;. The molecule has 0 heterocycles. The van der Waals surface area contributed by atoms with Crippen molar-refractivity contribution in [3.63, 3.8) is 0 Å². The van der Waals surface area contributed by atoms with E-state index in [2.05, 4.69) is 23.6 Å². The van der Waals surface area contributed by atoms with Crippen LogP contribution in [0.1, 0.15) is 13.8 Å². The van der Waals surface area contributed by atoms with Gasteiger partial charge in [-0.3, -0.25) is 0 Å². The van der Waals surface area contributed by atoms with Crippen LogP contribution in [0, 0.1) is 0 Å². The smallest absolute Gasteiger partial charge is 0 e. The molecule has 0 aromatic carbocycles. The van der Waals surface area contributed by atoms with Gasteiger partial charge in [0.2, 0.25) is 0 Å². The Hall–Kier alpha value is 0.444. The molecule has 0 N–H and O–H groups in total. The Labute approximate surface area is 70.0 Å². The molecule has 0 atom stereocenters. The van der Waals surface area contributed by atoms with Gasteiger partial charge in [-0.1, -0.05) is 13.8 Å². The van der Waals surface area contributed by atoms with E-state index < -0.39 is 0 Å². The molecule has 0 unspecified atom stereocenters. The summed E-state index contributed by atoms with van der Waals surface area (Å²) in [5, 5.41) is 5.28. The predicted octanol–water partition coefficient (Wildman–Crippen LogP) is 1.08. The zero-order valence-corrected chi connectivity index (χ0v) is 7.46. The van der Waals surface area contributed by atoms with Gasteiger partial charge in [0.05, 0.1) is 0 Å². The van der Waals surface area contributed by atoms with Gasteiger partial charge in [0.25, 0.3) is 0 Å². The summed E-state index contributed by atoms with van der Waals surface area (Å²) in [6.45, 7) is 12.7. The molecule has 0 amide bonds. The molecule has 39 valence electrons. The van der Waals surface area contributed by atoms with Crippen molar-refractivity contribution in [2.24, 2.45) is 10.2 Å². The SMILES string of the molecule is CC.[CH-]=NN=[CH-].[Y]. The summed E-state index contributed by atoms with van der Waals surface area (Å²) in [6, 6.07) is 0. The van der Waals surface area contributed by atoms with Gasteiger partial charge < -0.3 is 23.6 Å². The Morgan fingerprint density at radius 2 is 1.14 bits per heavy atom. The maximum Gasteiger partial charge on any atom is 0 e. The molecule has 1 radical (unpaired) electrons. The molecule has 0 aromatic heterocycles. The fourth-order valence-electron chi connectivity index (χ4n) is 0. The minimum Gasteiger partial charge on any atom is -0.417 e. The molecule has 7 heavy (non-hydrogen) atoms. The van der Waals surface area contributed by atoms with E-state index in [0.717, 1.165) is 0 Å². The van der Waals surface area contributed by atoms with Gasteiger partial charge in [0, 0.05) is 32.7 Å². The van der Waals surface area contributed by atoms with Gasteiger partial charge >= 0.3 is 0 Å². The molecule has 0 saturated heterocycles. The number of rotatable bonds is 1. The Kier molecular flexibility index (Phi) is 71.5. The topological polar surface area (TPSA) is 24.7 Å². The molecule has 0 aromatic rings. The van der Waals surface area contributed by atoms with Crippen molar-refractivity contribution < 1.29 is 32.7 Å². The van der Waals surface area contributed by atoms with E-state index in [9.17, 15) is 0 Å². The van der Waals surface area contributed by atoms with Crippen molar-refractivity contribution in [1.82, 2.24) is 0 Å². The fourth-order valence-corrected chi connectivity index (χ4v) is 0. The van der Waals surface area contributed by atoms with Gasteiger partial charge in [0.1, 0.15) is 0 Å². The average molecular weight is 173 g/mol. The summed E-state index contributed by atoms with van der Waals surface area (Å²) in [5.41, 5.74) is 0. The molecule has 0 spiro atoms. The quantitative estimate of drug-likeness (QED) is 0.322. The van der Waals surface area contributed by atoms with Crippen LogP contribution < -0.4 is 0 Å². The van der Waals surface area contributed by atoms with E-state index >= 15 is 0 Å². The Bertz CT molecular complexity index is 30.7. The van der Waals surface area contributed by atoms with Crippen LogP contribution >= 0.6 is 0 Å². The third-order valence-electron chi connectivity index (χ3n) is 0.0667. The molecule has 3 heteroatoms. The minimum atomic E-state index is 0. The normalized spacial score (nSPS) is 3.71. The van der Waals surface area contributed by atoms with E-state index in [1.54, 1.807) is 0 Å². The first kappa shape index (κ1) is 15.7. The second kappa shape index (κ2) is 32.0. The van der Waals surface area contributed by atoms with Crippen LogP contribution in [-0.2, 0) is 32.7 Å². The zero-order valence-electron chi connectivity index (χ0n) is 4.63. The van der Waals surface area contributed by atoms with Crippen molar-refractivity contribution >= 4 is 13.4 Å². The Morgan fingerprint density at radius 3 is 1.14 bits per heavy atom. The molecule has 0 rings (SSSR count). The summed E-state index contributed by atoms with van der Waals surface area (Å²) in [5.74, 6) is 0. The summed E-state index contributed by atoms with van der Waals surface area (Å²) < 4.78 is 0. The first-order valence-electron chi connectivity index (χ1n) is 1.72. The first-order chi connectivity index (χ1) is 2.91. The van der Waals surface area contributed by atoms with Crippen molar-refractivity contribution in [2.75, 3.05) is 0 Å².